The molecule has 3 rings (SSSR count). The van der Waals surface area contributed by atoms with Crippen molar-refractivity contribution in [2.24, 2.45) is 20.5 Å². The summed E-state index contributed by atoms with van der Waals surface area (Å²) < 4.78 is 35.5. The molecule has 0 fully saturated rings. The summed E-state index contributed by atoms with van der Waals surface area (Å²) in [6.07, 6.45) is 4.06. The van der Waals surface area contributed by atoms with E-state index in [0.717, 1.165) is 6.07 Å². The van der Waals surface area contributed by atoms with Gasteiger partial charge in [0.2, 0.25) is 5.88 Å². The molecular formula is C23H28N7O5S+. The molecule has 36 heavy (non-hydrogen) atoms. The van der Waals surface area contributed by atoms with Crippen LogP contribution in [0.15, 0.2) is 78.9 Å². The predicted octanol–water partition coefficient (Wildman–Crippen LogP) is 3.47. The Labute approximate surface area is 208 Å². The highest BCUT2D eigenvalue weighted by molar-refractivity contribution is 7.86. The topological polar surface area (TPSA) is 153 Å². The van der Waals surface area contributed by atoms with Crippen LogP contribution in [0.2, 0.25) is 0 Å². The second-order valence-electron chi connectivity index (χ2n) is 8.17. The van der Waals surface area contributed by atoms with E-state index >= 15 is 0 Å². The summed E-state index contributed by atoms with van der Waals surface area (Å²) in [7, 11) is 0.666. The van der Waals surface area contributed by atoms with Gasteiger partial charge in [-0.1, -0.05) is 6.07 Å². The summed E-state index contributed by atoms with van der Waals surface area (Å²) in [5.41, 5.74) is 0.513. The highest BCUT2D eigenvalue weighted by Gasteiger charge is 2.25. The highest BCUT2D eigenvalue weighted by Crippen LogP contribution is 2.34. The van der Waals surface area contributed by atoms with Gasteiger partial charge in [-0.25, -0.2) is 0 Å². The SMILES string of the molecule is CN=Nc1cc(N=Nc2c(C)c(-[n+]3ccccc3)c(=O)n(CCCN(C)C)c2O)ccc1S(=O)(=O)O. The number of aromatic nitrogens is 2. The summed E-state index contributed by atoms with van der Waals surface area (Å²) in [5, 5.41) is 26.6. The molecule has 12 nitrogen and oxygen atoms in total. The normalized spacial score (nSPS) is 12.3. The van der Waals surface area contributed by atoms with Gasteiger partial charge in [0, 0.05) is 25.7 Å². The molecule has 1 aromatic carbocycles. The lowest BCUT2D eigenvalue weighted by Crippen LogP contribution is -2.40. The molecule has 0 saturated carbocycles. The number of benzene rings is 1. The lowest BCUT2D eigenvalue weighted by atomic mass is 10.2. The van der Waals surface area contributed by atoms with Crippen molar-refractivity contribution in [3.8, 4) is 11.6 Å². The summed E-state index contributed by atoms with van der Waals surface area (Å²) in [4.78, 5) is 14.9. The van der Waals surface area contributed by atoms with E-state index in [0.29, 0.717) is 24.2 Å². The van der Waals surface area contributed by atoms with Crippen molar-refractivity contribution in [2.45, 2.75) is 24.8 Å². The Bertz CT molecular complexity index is 1470. The molecule has 13 heteroatoms. The van der Waals surface area contributed by atoms with Gasteiger partial charge in [-0.15, -0.1) is 5.11 Å². The Morgan fingerprint density at radius 3 is 2.39 bits per heavy atom. The first-order valence-electron chi connectivity index (χ1n) is 11.0. The zero-order chi connectivity index (χ0) is 26.5. The molecule has 2 N–H and O–H groups in total. The van der Waals surface area contributed by atoms with Gasteiger partial charge in [0.1, 0.15) is 10.6 Å². The van der Waals surface area contributed by atoms with Gasteiger partial charge < -0.3 is 10.0 Å². The fourth-order valence-corrected chi connectivity index (χ4v) is 4.20. The van der Waals surface area contributed by atoms with Gasteiger partial charge in [-0.05, 0) is 52.2 Å². The van der Waals surface area contributed by atoms with Gasteiger partial charge in [0.05, 0.1) is 11.3 Å². The number of rotatable bonds is 9. The Morgan fingerprint density at radius 1 is 1.08 bits per heavy atom. The largest absolute Gasteiger partial charge is 0.493 e. The predicted molar refractivity (Wildman–Crippen MR) is 133 cm³/mol. The standard InChI is InChI=1S/C23H27N7O5S/c1-16-20(27-25-17-9-10-19(36(33,34)35)18(15-17)26-24-2)22(31)30(14-8-11-28(3)4)23(32)21(16)29-12-6-5-7-13-29/h5-7,9-10,12-13,15H,8,11,14H2,1-4H3,(H-,25,31,32,33,34,35)/p+1. The van der Waals surface area contributed by atoms with Crippen molar-refractivity contribution in [1.82, 2.24) is 9.47 Å². The van der Waals surface area contributed by atoms with E-state index in [1.54, 1.807) is 36.0 Å². The maximum atomic E-state index is 13.4. The van der Waals surface area contributed by atoms with Crippen LogP contribution < -0.4 is 10.1 Å². The molecule has 2 heterocycles. The van der Waals surface area contributed by atoms with E-state index in [2.05, 4.69) is 20.5 Å². The number of hydrogen-bond acceptors (Lipinski definition) is 9. The lowest BCUT2D eigenvalue weighted by Gasteiger charge is -2.14. The molecule has 0 bridgehead atoms. The number of pyridine rings is 2. The zero-order valence-corrected chi connectivity index (χ0v) is 21.2. The second-order valence-corrected chi connectivity index (χ2v) is 9.56. The molecule has 0 amide bonds. The lowest BCUT2D eigenvalue weighted by molar-refractivity contribution is -0.597. The van der Waals surface area contributed by atoms with Crippen LogP contribution in [0.5, 0.6) is 5.88 Å². The van der Waals surface area contributed by atoms with Crippen LogP contribution in [0, 0.1) is 6.92 Å². The van der Waals surface area contributed by atoms with Crippen molar-refractivity contribution in [3.63, 3.8) is 0 Å². The zero-order valence-electron chi connectivity index (χ0n) is 20.4. The quantitative estimate of drug-likeness (QED) is 0.253. The van der Waals surface area contributed by atoms with Crippen LogP contribution in [0.4, 0.5) is 17.1 Å². The molecule has 0 aliphatic rings. The Morgan fingerprint density at radius 2 is 1.78 bits per heavy atom. The van der Waals surface area contributed by atoms with Crippen LogP contribution >= 0.6 is 0 Å². The van der Waals surface area contributed by atoms with Crippen molar-refractivity contribution in [3.05, 3.63) is 64.7 Å². The van der Waals surface area contributed by atoms with Crippen molar-refractivity contribution in [2.75, 3.05) is 27.7 Å². The van der Waals surface area contributed by atoms with Gasteiger partial charge in [0.25, 0.3) is 15.8 Å². The van der Waals surface area contributed by atoms with E-state index in [-0.39, 0.29) is 35.0 Å². The molecule has 2 aromatic heterocycles. The molecular weight excluding hydrogens is 486 g/mol. The van der Waals surface area contributed by atoms with Crippen LogP contribution in [0.1, 0.15) is 12.0 Å². The van der Waals surface area contributed by atoms with Crippen molar-refractivity contribution in [1.29, 1.82) is 0 Å². The van der Waals surface area contributed by atoms with Crippen molar-refractivity contribution >= 4 is 27.2 Å². The molecule has 0 atom stereocenters. The van der Waals surface area contributed by atoms with E-state index in [9.17, 15) is 22.9 Å². The molecule has 0 radical (unpaired) electrons. The Hall–Kier alpha value is -3.81. The Balaban J connectivity index is 2.15. The monoisotopic (exact) mass is 514 g/mol. The molecule has 3 aromatic rings. The molecule has 190 valence electrons. The first kappa shape index (κ1) is 26.8. The maximum absolute atomic E-state index is 13.4. The summed E-state index contributed by atoms with van der Waals surface area (Å²) in [6.45, 7) is 2.63. The molecule has 0 saturated heterocycles. The molecule has 0 unspecified atom stereocenters. The van der Waals surface area contributed by atoms with Gasteiger partial charge in [-0.3, -0.25) is 13.9 Å². The summed E-state index contributed by atoms with van der Waals surface area (Å²) >= 11 is 0. The molecule has 0 aliphatic carbocycles. The highest BCUT2D eigenvalue weighted by atomic mass is 32.2. The van der Waals surface area contributed by atoms with Crippen LogP contribution in [0.3, 0.4) is 0 Å². The first-order chi connectivity index (χ1) is 17.0. The summed E-state index contributed by atoms with van der Waals surface area (Å²) in [6, 6.07) is 9.13. The van der Waals surface area contributed by atoms with Crippen LogP contribution in [0.25, 0.3) is 5.69 Å². The van der Waals surface area contributed by atoms with E-state index < -0.39 is 15.0 Å². The van der Waals surface area contributed by atoms with Gasteiger partial charge in [-0.2, -0.15) is 28.3 Å². The third kappa shape index (κ3) is 6.05. The van der Waals surface area contributed by atoms with E-state index in [1.165, 1.54) is 23.7 Å². The number of aromatic hydroxyl groups is 1. The number of hydrogen-bond donors (Lipinski definition) is 2. The van der Waals surface area contributed by atoms with Crippen LogP contribution in [-0.2, 0) is 16.7 Å². The maximum Gasteiger partial charge on any atom is 0.326 e. The minimum Gasteiger partial charge on any atom is -0.493 e. The first-order valence-corrected chi connectivity index (χ1v) is 12.4. The molecule has 0 spiro atoms. The average Bonchev–Trinajstić information content (AvgIpc) is 2.81. The van der Waals surface area contributed by atoms with Crippen molar-refractivity contribution < 1.29 is 22.6 Å². The smallest absolute Gasteiger partial charge is 0.326 e. The fourth-order valence-electron chi connectivity index (χ4n) is 3.60. The van der Waals surface area contributed by atoms with E-state index in [1.807, 2.05) is 25.1 Å². The third-order valence-electron chi connectivity index (χ3n) is 5.28. The van der Waals surface area contributed by atoms with Gasteiger partial charge in [0.15, 0.2) is 18.1 Å². The fraction of sp³-hybridized carbons (Fsp3) is 0.304. The van der Waals surface area contributed by atoms with Gasteiger partial charge >= 0.3 is 5.56 Å². The number of nitrogens with zero attached hydrogens (tertiary/aromatic N) is 7. The molecule has 0 aliphatic heterocycles. The average molecular weight is 515 g/mol. The minimum absolute atomic E-state index is 0.0864. The number of azo groups is 2. The van der Waals surface area contributed by atoms with Crippen LogP contribution in [-0.4, -0.2) is 55.2 Å². The minimum atomic E-state index is -4.52. The van der Waals surface area contributed by atoms with E-state index in [4.69, 9.17) is 0 Å². The second kappa shape index (κ2) is 11.3. The third-order valence-corrected chi connectivity index (χ3v) is 6.18. The summed E-state index contributed by atoms with van der Waals surface area (Å²) in [5.74, 6) is -0.330. The Kier molecular flexibility index (Phi) is 8.40.